The van der Waals surface area contributed by atoms with Crippen molar-refractivity contribution in [2.24, 2.45) is 0 Å². The van der Waals surface area contributed by atoms with Gasteiger partial charge in [0.25, 0.3) is 5.91 Å². The third kappa shape index (κ3) is 5.98. The molecular formula is C21H24ClN3O3S. The zero-order valence-corrected chi connectivity index (χ0v) is 17.8. The maximum absolute atomic E-state index is 12.5. The molecule has 2 aromatic carbocycles. The van der Waals surface area contributed by atoms with Crippen LogP contribution in [-0.2, 0) is 6.42 Å². The van der Waals surface area contributed by atoms with Crippen molar-refractivity contribution in [2.75, 3.05) is 18.5 Å². The number of anilines is 1. The Labute approximate surface area is 180 Å². The van der Waals surface area contributed by atoms with Crippen LogP contribution in [0.3, 0.4) is 0 Å². The molecule has 3 N–H and O–H groups in total. The molecule has 0 spiro atoms. The molecule has 0 radical (unpaired) electrons. The van der Waals surface area contributed by atoms with Gasteiger partial charge in [-0.2, -0.15) is 0 Å². The summed E-state index contributed by atoms with van der Waals surface area (Å²) < 4.78 is 11.2. The molecule has 29 heavy (non-hydrogen) atoms. The van der Waals surface area contributed by atoms with Crippen LogP contribution in [0.15, 0.2) is 36.4 Å². The van der Waals surface area contributed by atoms with Gasteiger partial charge in [0.1, 0.15) is 0 Å². The Morgan fingerprint density at radius 3 is 2.66 bits per heavy atom. The molecule has 0 aromatic heterocycles. The number of amides is 1. The lowest BCUT2D eigenvalue weighted by atomic mass is 10.1. The van der Waals surface area contributed by atoms with Gasteiger partial charge in [-0.3, -0.25) is 15.6 Å². The van der Waals surface area contributed by atoms with Crippen molar-refractivity contribution in [3.63, 3.8) is 0 Å². The average Bonchev–Trinajstić information content (AvgIpc) is 2.97. The van der Waals surface area contributed by atoms with Crippen molar-refractivity contribution < 1.29 is 14.3 Å². The Morgan fingerprint density at radius 1 is 1.14 bits per heavy atom. The number of thiocarbonyl (C=S) groups is 1. The summed E-state index contributed by atoms with van der Waals surface area (Å²) in [5.74, 6) is 0.541. The van der Waals surface area contributed by atoms with Crippen molar-refractivity contribution in [2.45, 2.75) is 32.6 Å². The lowest BCUT2D eigenvalue weighted by molar-refractivity contribution is 0.0943. The Hall–Kier alpha value is -2.51. The van der Waals surface area contributed by atoms with E-state index in [1.54, 1.807) is 6.07 Å². The molecule has 3 rings (SSSR count). The number of nitrogens with one attached hydrogen (secondary N) is 3. The highest BCUT2D eigenvalue weighted by Crippen LogP contribution is 2.37. The first-order valence-corrected chi connectivity index (χ1v) is 10.4. The van der Waals surface area contributed by atoms with Crippen molar-refractivity contribution >= 4 is 40.5 Å². The molecule has 1 heterocycles. The zero-order chi connectivity index (χ0) is 20.6. The van der Waals surface area contributed by atoms with Crippen LogP contribution in [0, 0.1) is 0 Å². The number of halogens is 1. The average molecular weight is 434 g/mol. The van der Waals surface area contributed by atoms with Crippen LogP contribution in [0.1, 0.15) is 42.1 Å². The van der Waals surface area contributed by atoms with Crippen molar-refractivity contribution in [3.8, 4) is 11.5 Å². The topological polar surface area (TPSA) is 71.6 Å². The van der Waals surface area contributed by atoms with Gasteiger partial charge < -0.3 is 14.8 Å². The van der Waals surface area contributed by atoms with Crippen LogP contribution in [0.5, 0.6) is 11.5 Å². The molecule has 0 fully saturated rings. The maximum Gasteiger partial charge on any atom is 0.269 e. The van der Waals surface area contributed by atoms with Gasteiger partial charge in [-0.1, -0.05) is 37.1 Å². The molecule has 6 nitrogen and oxygen atoms in total. The fourth-order valence-corrected chi connectivity index (χ4v) is 3.28. The molecule has 0 bridgehead atoms. The molecule has 0 saturated carbocycles. The smallest absolute Gasteiger partial charge is 0.269 e. The number of fused-ring (bicyclic) bond motifs is 1. The second-order valence-corrected chi connectivity index (χ2v) is 7.48. The largest absolute Gasteiger partial charge is 0.489 e. The monoisotopic (exact) mass is 433 g/mol. The summed E-state index contributed by atoms with van der Waals surface area (Å²) in [6.07, 6.45) is 4.16. The SMILES string of the molecule is CCCCc1ccc(NC(=S)NNC(=O)c2cc(Cl)c3c(c2)OCCCO3)cc1. The van der Waals surface area contributed by atoms with Crippen LogP contribution in [0.2, 0.25) is 5.02 Å². The number of aryl methyl sites for hydroxylation is 1. The molecule has 1 amide bonds. The van der Waals surface area contributed by atoms with Gasteiger partial charge in [-0.15, -0.1) is 0 Å². The van der Waals surface area contributed by atoms with E-state index in [-0.39, 0.29) is 11.0 Å². The highest BCUT2D eigenvalue weighted by molar-refractivity contribution is 7.80. The zero-order valence-electron chi connectivity index (χ0n) is 16.2. The molecule has 0 unspecified atom stereocenters. The number of rotatable bonds is 5. The van der Waals surface area contributed by atoms with Crippen molar-refractivity contribution in [3.05, 3.63) is 52.5 Å². The van der Waals surface area contributed by atoms with Crippen LogP contribution < -0.4 is 25.6 Å². The molecule has 0 aliphatic carbocycles. The van der Waals surface area contributed by atoms with Crippen molar-refractivity contribution in [1.82, 2.24) is 10.9 Å². The van der Waals surface area contributed by atoms with Gasteiger partial charge >= 0.3 is 0 Å². The fourth-order valence-electron chi connectivity index (χ4n) is 2.85. The predicted octanol–water partition coefficient (Wildman–Crippen LogP) is 4.48. The van der Waals surface area contributed by atoms with E-state index in [4.69, 9.17) is 33.3 Å². The first-order valence-electron chi connectivity index (χ1n) is 9.62. The summed E-state index contributed by atoms with van der Waals surface area (Å²) in [5, 5.41) is 3.65. The van der Waals surface area contributed by atoms with Gasteiger partial charge in [0.05, 0.1) is 18.2 Å². The number of ether oxygens (including phenoxy) is 2. The quantitative estimate of drug-likeness (QED) is 0.477. The Balaban J connectivity index is 1.54. The van der Waals surface area contributed by atoms with Gasteiger partial charge in [-0.25, -0.2) is 0 Å². The van der Waals surface area contributed by atoms with E-state index in [1.165, 1.54) is 24.5 Å². The van der Waals surface area contributed by atoms with E-state index < -0.39 is 0 Å². The number of carbonyl (C=O) groups is 1. The molecule has 2 aromatic rings. The summed E-state index contributed by atoms with van der Waals surface area (Å²) >= 11 is 11.5. The minimum atomic E-state index is -0.387. The van der Waals surface area contributed by atoms with Gasteiger partial charge in [0, 0.05) is 17.7 Å². The number of unbranched alkanes of at least 4 members (excludes halogenated alkanes) is 1. The highest BCUT2D eigenvalue weighted by Gasteiger charge is 2.18. The van der Waals surface area contributed by atoms with E-state index in [0.717, 1.165) is 18.5 Å². The minimum absolute atomic E-state index is 0.278. The molecule has 0 atom stereocenters. The lowest BCUT2D eigenvalue weighted by Gasteiger charge is -2.14. The lowest BCUT2D eigenvalue weighted by Crippen LogP contribution is -2.43. The molecule has 1 aliphatic heterocycles. The fraction of sp³-hybridized carbons (Fsp3) is 0.333. The molecule has 0 saturated heterocycles. The summed E-state index contributed by atoms with van der Waals surface area (Å²) in [6, 6.07) is 11.2. The van der Waals surface area contributed by atoms with Crippen LogP contribution in [-0.4, -0.2) is 24.2 Å². The van der Waals surface area contributed by atoms with Crippen LogP contribution >= 0.6 is 23.8 Å². The highest BCUT2D eigenvalue weighted by atomic mass is 35.5. The number of benzene rings is 2. The number of hydrazine groups is 1. The second-order valence-electron chi connectivity index (χ2n) is 6.67. The van der Waals surface area contributed by atoms with Gasteiger partial charge in [-0.05, 0) is 54.9 Å². The van der Waals surface area contributed by atoms with Crippen LogP contribution in [0.25, 0.3) is 0 Å². The van der Waals surface area contributed by atoms with Gasteiger partial charge in [0.2, 0.25) is 0 Å². The van der Waals surface area contributed by atoms with E-state index in [2.05, 4.69) is 35.2 Å². The normalized spacial score (nSPS) is 12.6. The molecule has 8 heteroatoms. The summed E-state index contributed by atoms with van der Waals surface area (Å²) in [7, 11) is 0. The first kappa shape index (κ1) is 21.2. The standard InChI is InChI=1S/C21H24ClN3O3S/c1-2-3-5-14-6-8-16(9-7-14)23-21(29)25-24-20(26)15-12-17(22)19-18(13-15)27-10-4-11-28-19/h6-9,12-13H,2-5,10-11H2,1H3,(H,24,26)(H2,23,25,29). The molecule has 154 valence electrons. The van der Waals surface area contributed by atoms with E-state index in [0.29, 0.717) is 35.3 Å². The minimum Gasteiger partial charge on any atom is -0.489 e. The first-order chi connectivity index (χ1) is 14.1. The van der Waals surface area contributed by atoms with E-state index in [9.17, 15) is 4.79 Å². The Kier molecular flexibility index (Phi) is 7.55. The predicted molar refractivity (Wildman–Crippen MR) is 119 cm³/mol. The van der Waals surface area contributed by atoms with Crippen molar-refractivity contribution in [1.29, 1.82) is 0 Å². The Morgan fingerprint density at radius 2 is 1.90 bits per heavy atom. The van der Waals surface area contributed by atoms with Gasteiger partial charge in [0.15, 0.2) is 16.6 Å². The third-order valence-electron chi connectivity index (χ3n) is 4.38. The third-order valence-corrected chi connectivity index (χ3v) is 4.87. The summed E-state index contributed by atoms with van der Waals surface area (Å²) in [4.78, 5) is 12.5. The van der Waals surface area contributed by atoms with E-state index >= 15 is 0 Å². The number of hydrogen-bond acceptors (Lipinski definition) is 4. The summed E-state index contributed by atoms with van der Waals surface area (Å²) in [6.45, 7) is 3.21. The Bertz CT molecular complexity index is 874. The van der Waals surface area contributed by atoms with E-state index in [1.807, 2.05) is 12.1 Å². The molecular weight excluding hydrogens is 410 g/mol. The molecule has 1 aliphatic rings. The summed E-state index contributed by atoms with van der Waals surface area (Å²) in [5.41, 5.74) is 7.73. The van der Waals surface area contributed by atoms with Crippen LogP contribution in [0.4, 0.5) is 5.69 Å². The number of carbonyl (C=O) groups excluding carboxylic acids is 1. The number of hydrogen-bond donors (Lipinski definition) is 3. The second kappa shape index (κ2) is 10.3. The maximum atomic E-state index is 12.5.